The molecular weight excluding hydrogens is 344 g/mol. The first kappa shape index (κ1) is 15.3. The van der Waals surface area contributed by atoms with Crippen molar-refractivity contribution in [3.8, 4) is 0 Å². The van der Waals surface area contributed by atoms with Crippen LogP contribution in [0.2, 0.25) is 0 Å². The summed E-state index contributed by atoms with van der Waals surface area (Å²) in [6, 6.07) is 3.42. The molecule has 0 radical (unpaired) electrons. The summed E-state index contributed by atoms with van der Waals surface area (Å²) in [4.78, 5) is 24.4. The van der Waals surface area contributed by atoms with Crippen molar-refractivity contribution in [3.05, 3.63) is 20.8 Å². The largest absolute Gasteiger partial charge is 0.480 e. The number of nitrogens with one attached hydrogen (secondary N) is 2. The van der Waals surface area contributed by atoms with Gasteiger partial charge in [-0.2, -0.15) is 0 Å². The van der Waals surface area contributed by atoms with Crippen molar-refractivity contribution in [1.82, 2.24) is 10.6 Å². The van der Waals surface area contributed by atoms with Gasteiger partial charge in [0.15, 0.2) is 0 Å². The molecular formula is C13H17BrN2O3S. The summed E-state index contributed by atoms with van der Waals surface area (Å²) >= 11 is 4.90. The van der Waals surface area contributed by atoms with E-state index in [9.17, 15) is 14.7 Å². The Morgan fingerprint density at radius 3 is 2.55 bits per heavy atom. The van der Waals surface area contributed by atoms with Crippen molar-refractivity contribution >= 4 is 39.3 Å². The third-order valence-corrected chi connectivity index (χ3v) is 5.14. The molecule has 5 nitrogen and oxygen atoms in total. The first-order chi connectivity index (χ1) is 9.52. The molecule has 110 valence electrons. The summed E-state index contributed by atoms with van der Waals surface area (Å²) in [5.41, 5.74) is -1.10. The van der Waals surface area contributed by atoms with Gasteiger partial charge in [-0.25, -0.2) is 9.59 Å². The van der Waals surface area contributed by atoms with E-state index < -0.39 is 17.5 Å². The first-order valence-corrected chi connectivity index (χ1v) is 8.16. The summed E-state index contributed by atoms with van der Waals surface area (Å²) in [7, 11) is 0. The topological polar surface area (TPSA) is 78.4 Å². The molecule has 7 heteroatoms. The van der Waals surface area contributed by atoms with Crippen molar-refractivity contribution in [1.29, 1.82) is 0 Å². The molecule has 1 saturated carbocycles. The Hall–Kier alpha value is -1.08. The van der Waals surface area contributed by atoms with Crippen LogP contribution in [0.25, 0.3) is 0 Å². The highest BCUT2D eigenvalue weighted by molar-refractivity contribution is 9.11. The Kier molecular flexibility index (Phi) is 5.04. The molecule has 1 aliphatic carbocycles. The minimum atomic E-state index is -1.10. The molecule has 3 N–H and O–H groups in total. The average molecular weight is 361 g/mol. The molecule has 1 heterocycles. The van der Waals surface area contributed by atoms with E-state index in [0.717, 1.165) is 27.9 Å². The van der Waals surface area contributed by atoms with Gasteiger partial charge in [0, 0.05) is 4.88 Å². The van der Waals surface area contributed by atoms with Crippen LogP contribution < -0.4 is 10.6 Å². The molecule has 2 amide bonds. The number of urea groups is 1. The molecule has 0 unspecified atom stereocenters. The number of thiophene rings is 1. The van der Waals surface area contributed by atoms with E-state index in [1.165, 1.54) is 11.3 Å². The highest BCUT2D eigenvalue weighted by atomic mass is 79.9. The number of aliphatic carboxylic acids is 1. The van der Waals surface area contributed by atoms with Crippen molar-refractivity contribution in [2.24, 2.45) is 0 Å². The highest BCUT2D eigenvalue weighted by Crippen LogP contribution is 2.28. The van der Waals surface area contributed by atoms with E-state index in [-0.39, 0.29) is 0 Å². The van der Waals surface area contributed by atoms with Crippen molar-refractivity contribution < 1.29 is 14.7 Å². The van der Waals surface area contributed by atoms with Gasteiger partial charge in [0.25, 0.3) is 0 Å². The number of carboxylic acids is 1. The summed E-state index contributed by atoms with van der Waals surface area (Å²) in [5.74, 6) is -0.939. The lowest BCUT2D eigenvalue weighted by molar-refractivity contribution is -0.145. The van der Waals surface area contributed by atoms with Gasteiger partial charge in [0.2, 0.25) is 0 Å². The molecule has 1 fully saturated rings. The molecule has 2 rings (SSSR count). The Balaban J connectivity index is 1.90. The van der Waals surface area contributed by atoms with Crippen LogP contribution in [0.3, 0.4) is 0 Å². The van der Waals surface area contributed by atoms with Gasteiger partial charge in [-0.1, -0.05) is 19.3 Å². The lowest BCUT2D eigenvalue weighted by atomic mass is 9.82. The average Bonchev–Trinajstić information content (AvgIpc) is 2.83. The zero-order valence-corrected chi connectivity index (χ0v) is 13.3. The lowest BCUT2D eigenvalue weighted by Gasteiger charge is -2.33. The van der Waals surface area contributed by atoms with Crippen molar-refractivity contribution in [2.45, 2.75) is 44.2 Å². The van der Waals surface area contributed by atoms with Gasteiger partial charge in [-0.15, -0.1) is 11.3 Å². The minimum Gasteiger partial charge on any atom is -0.480 e. The Morgan fingerprint density at radius 2 is 2.00 bits per heavy atom. The second kappa shape index (κ2) is 6.58. The van der Waals surface area contributed by atoms with E-state index in [1.54, 1.807) is 0 Å². The summed E-state index contributed by atoms with van der Waals surface area (Å²) < 4.78 is 1.00. The number of rotatable bonds is 4. The molecule has 1 aromatic heterocycles. The molecule has 1 aromatic rings. The first-order valence-electron chi connectivity index (χ1n) is 6.55. The van der Waals surface area contributed by atoms with Crippen LogP contribution in [-0.4, -0.2) is 22.6 Å². The van der Waals surface area contributed by atoms with Crippen LogP contribution in [-0.2, 0) is 11.3 Å². The molecule has 0 bridgehead atoms. The summed E-state index contributed by atoms with van der Waals surface area (Å²) in [6.45, 7) is 0.401. The van der Waals surface area contributed by atoms with Gasteiger partial charge in [0.1, 0.15) is 5.54 Å². The standard InChI is InChI=1S/C13H17BrN2O3S/c14-10-5-4-9(20-10)8-15-12(19)16-13(11(17)18)6-2-1-3-7-13/h4-5H,1-3,6-8H2,(H,17,18)(H2,15,16,19). The fourth-order valence-electron chi connectivity index (χ4n) is 2.42. The number of hydrogen-bond acceptors (Lipinski definition) is 3. The maximum atomic E-state index is 11.9. The zero-order valence-electron chi connectivity index (χ0n) is 10.9. The van der Waals surface area contributed by atoms with Crippen LogP contribution in [0.4, 0.5) is 4.79 Å². The van der Waals surface area contributed by atoms with E-state index in [2.05, 4.69) is 26.6 Å². The smallest absolute Gasteiger partial charge is 0.329 e. The Morgan fingerprint density at radius 1 is 1.30 bits per heavy atom. The van der Waals surface area contributed by atoms with E-state index in [0.29, 0.717) is 19.4 Å². The molecule has 0 saturated heterocycles. The number of carbonyl (C=O) groups excluding carboxylic acids is 1. The maximum Gasteiger partial charge on any atom is 0.329 e. The fourth-order valence-corrected chi connectivity index (χ4v) is 3.85. The number of halogens is 1. The monoisotopic (exact) mass is 360 g/mol. The van der Waals surface area contributed by atoms with Crippen molar-refractivity contribution in [3.63, 3.8) is 0 Å². The van der Waals surface area contributed by atoms with Crippen LogP contribution >= 0.6 is 27.3 Å². The molecule has 1 aliphatic rings. The zero-order chi connectivity index (χ0) is 14.6. The van der Waals surface area contributed by atoms with Gasteiger partial charge in [-0.05, 0) is 40.9 Å². The molecule has 0 atom stereocenters. The third kappa shape index (κ3) is 3.73. The summed E-state index contributed by atoms with van der Waals surface area (Å²) in [6.07, 6.45) is 3.71. The second-order valence-corrected chi connectivity index (χ2v) is 7.51. The molecule has 20 heavy (non-hydrogen) atoms. The lowest BCUT2D eigenvalue weighted by Crippen LogP contribution is -2.57. The van der Waals surface area contributed by atoms with E-state index in [1.807, 2.05) is 12.1 Å². The quantitative estimate of drug-likeness (QED) is 0.771. The minimum absolute atomic E-state index is 0.401. The normalized spacial score (nSPS) is 17.4. The van der Waals surface area contributed by atoms with Crippen LogP contribution in [0, 0.1) is 0 Å². The third-order valence-electron chi connectivity index (χ3n) is 3.52. The van der Waals surface area contributed by atoms with Gasteiger partial charge < -0.3 is 15.7 Å². The highest BCUT2D eigenvalue weighted by Gasteiger charge is 2.40. The number of hydrogen-bond donors (Lipinski definition) is 3. The number of amides is 2. The van der Waals surface area contributed by atoms with Gasteiger partial charge >= 0.3 is 12.0 Å². The second-order valence-electron chi connectivity index (χ2n) is 4.96. The summed E-state index contributed by atoms with van der Waals surface area (Å²) in [5, 5.41) is 14.7. The van der Waals surface area contributed by atoms with Gasteiger partial charge in [-0.3, -0.25) is 0 Å². The van der Waals surface area contributed by atoms with Crippen molar-refractivity contribution in [2.75, 3.05) is 0 Å². The molecule has 0 aromatic carbocycles. The fraction of sp³-hybridized carbons (Fsp3) is 0.538. The maximum absolute atomic E-state index is 11.9. The van der Waals surface area contributed by atoms with E-state index in [4.69, 9.17) is 0 Å². The predicted octanol–water partition coefficient (Wildman–Crippen LogP) is 3.10. The van der Waals surface area contributed by atoms with E-state index >= 15 is 0 Å². The van der Waals surface area contributed by atoms with Crippen LogP contribution in [0.1, 0.15) is 37.0 Å². The number of carbonyl (C=O) groups is 2. The molecule has 0 aliphatic heterocycles. The number of carboxylic acid groups (broad SMARTS) is 1. The SMILES string of the molecule is O=C(NCc1ccc(Br)s1)NC1(C(=O)O)CCCCC1. The molecule has 0 spiro atoms. The predicted molar refractivity (Wildman–Crippen MR) is 80.8 cm³/mol. The Bertz CT molecular complexity index is 498. The Labute approximate surface area is 129 Å². The van der Waals surface area contributed by atoms with Gasteiger partial charge in [0.05, 0.1) is 10.3 Å². The van der Waals surface area contributed by atoms with Crippen LogP contribution in [0.5, 0.6) is 0 Å². The van der Waals surface area contributed by atoms with Crippen LogP contribution in [0.15, 0.2) is 15.9 Å².